The Morgan fingerprint density at radius 1 is 1.28 bits per heavy atom. The maximum atomic E-state index is 5.61. The van der Waals surface area contributed by atoms with Crippen LogP contribution < -0.4 is 0 Å². The summed E-state index contributed by atoms with van der Waals surface area (Å²) in [6, 6.07) is 4.66. The summed E-state index contributed by atoms with van der Waals surface area (Å²) in [6.07, 6.45) is 6.73. The zero-order valence-corrected chi connectivity index (χ0v) is 10.4. The fourth-order valence-electron chi connectivity index (χ4n) is 2.87. The molecule has 18 heavy (non-hydrogen) atoms. The van der Waals surface area contributed by atoms with Crippen molar-refractivity contribution in [2.75, 3.05) is 13.2 Å². The molecule has 3 heterocycles. The van der Waals surface area contributed by atoms with Gasteiger partial charge in [-0.3, -0.25) is 0 Å². The number of pyridine rings is 1. The SMILES string of the molecule is c1cnc2c(c1)nc(C1CCCOC1)n2C1CC1. The van der Waals surface area contributed by atoms with Gasteiger partial charge in [-0.2, -0.15) is 0 Å². The summed E-state index contributed by atoms with van der Waals surface area (Å²) < 4.78 is 7.98. The highest BCUT2D eigenvalue weighted by Crippen LogP contribution is 2.40. The molecular formula is C14H17N3O. The Labute approximate surface area is 106 Å². The fourth-order valence-corrected chi connectivity index (χ4v) is 2.87. The lowest BCUT2D eigenvalue weighted by atomic mass is 10.0. The Kier molecular flexibility index (Phi) is 2.36. The van der Waals surface area contributed by atoms with Crippen LogP contribution in [0.25, 0.3) is 11.2 Å². The highest BCUT2D eigenvalue weighted by molar-refractivity contribution is 5.71. The van der Waals surface area contributed by atoms with E-state index in [0.717, 1.165) is 30.8 Å². The number of hydrogen-bond acceptors (Lipinski definition) is 3. The van der Waals surface area contributed by atoms with Gasteiger partial charge in [-0.05, 0) is 37.8 Å². The molecule has 0 bridgehead atoms. The van der Waals surface area contributed by atoms with Crippen LogP contribution in [0.15, 0.2) is 18.3 Å². The van der Waals surface area contributed by atoms with Crippen molar-refractivity contribution in [3.63, 3.8) is 0 Å². The summed E-state index contributed by atoms with van der Waals surface area (Å²) in [5.41, 5.74) is 2.09. The van der Waals surface area contributed by atoms with Gasteiger partial charge in [0.2, 0.25) is 0 Å². The molecule has 94 valence electrons. The minimum atomic E-state index is 0.452. The minimum absolute atomic E-state index is 0.452. The predicted octanol–water partition coefficient (Wildman–Crippen LogP) is 2.66. The van der Waals surface area contributed by atoms with Gasteiger partial charge in [0, 0.05) is 24.8 Å². The Balaban J connectivity index is 1.84. The maximum absolute atomic E-state index is 5.61. The summed E-state index contributed by atoms with van der Waals surface area (Å²) in [6.45, 7) is 1.72. The van der Waals surface area contributed by atoms with Crippen molar-refractivity contribution in [2.24, 2.45) is 0 Å². The summed E-state index contributed by atoms with van der Waals surface area (Å²) in [4.78, 5) is 9.34. The lowest BCUT2D eigenvalue weighted by molar-refractivity contribution is 0.0771. The molecule has 1 aliphatic heterocycles. The van der Waals surface area contributed by atoms with E-state index < -0.39 is 0 Å². The number of fused-ring (bicyclic) bond motifs is 1. The van der Waals surface area contributed by atoms with Gasteiger partial charge >= 0.3 is 0 Å². The second kappa shape index (κ2) is 4.05. The molecule has 4 nitrogen and oxygen atoms in total. The van der Waals surface area contributed by atoms with Crippen LogP contribution in [0.4, 0.5) is 0 Å². The molecule has 4 heteroatoms. The third-order valence-corrected chi connectivity index (χ3v) is 3.91. The van der Waals surface area contributed by atoms with Crippen LogP contribution in [0.3, 0.4) is 0 Å². The van der Waals surface area contributed by atoms with Gasteiger partial charge in [0.25, 0.3) is 0 Å². The molecule has 0 radical (unpaired) electrons. The predicted molar refractivity (Wildman–Crippen MR) is 68.6 cm³/mol. The zero-order chi connectivity index (χ0) is 11.9. The van der Waals surface area contributed by atoms with E-state index in [0.29, 0.717) is 12.0 Å². The van der Waals surface area contributed by atoms with Crippen LogP contribution in [-0.2, 0) is 4.74 Å². The molecule has 1 saturated carbocycles. The number of ether oxygens (including phenoxy) is 1. The van der Waals surface area contributed by atoms with Crippen molar-refractivity contribution < 1.29 is 4.74 Å². The third kappa shape index (κ3) is 1.63. The van der Waals surface area contributed by atoms with Gasteiger partial charge in [-0.25, -0.2) is 9.97 Å². The molecule has 4 rings (SSSR count). The standard InChI is InChI=1S/C14H17N3O/c1-4-12-14(15-7-1)17(11-5-6-11)13(16-12)10-3-2-8-18-9-10/h1,4,7,10-11H,2-3,5-6,8-9H2. The van der Waals surface area contributed by atoms with Crippen LogP contribution >= 0.6 is 0 Å². The summed E-state index contributed by atoms with van der Waals surface area (Å²) in [5, 5.41) is 0. The van der Waals surface area contributed by atoms with Gasteiger partial charge in [0.15, 0.2) is 5.65 Å². The molecule has 0 spiro atoms. The van der Waals surface area contributed by atoms with Gasteiger partial charge in [0.1, 0.15) is 11.3 Å². The number of rotatable bonds is 2. The molecule has 2 aromatic rings. The topological polar surface area (TPSA) is 39.9 Å². The molecule has 0 N–H and O–H groups in total. The van der Waals surface area contributed by atoms with E-state index in [9.17, 15) is 0 Å². The van der Waals surface area contributed by atoms with Crippen LogP contribution in [-0.4, -0.2) is 27.7 Å². The molecule has 2 fully saturated rings. The Morgan fingerprint density at radius 3 is 3.00 bits per heavy atom. The first kappa shape index (κ1) is 10.5. The van der Waals surface area contributed by atoms with E-state index in [-0.39, 0.29) is 0 Å². The van der Waals surface area contributed by atoms with E-state index in [2.05, 4.69) is 15.6 Å². The first-order chi connectivity index (χ1) is 8.93. The second-order valence-corrected chi connectivity index (χ2v) is 5.33. The summed E-state index contributed by atoms with van der Waals surface area (Å²) >= 11 is 0. The first-order valence-electron chi connectivity index (χ1n) is 6.84. The molecule has 1 unspecified atom stereocenters. The van der Waals surface area contributed by atoms with Crippen LogP contribution in [0.1, 0.15) is 43.5 Å². The number of hydrogen-bond donors (Lipinski definition) is 0. The van der Waals surface area contributed by atoms with Crippen LogP contribution in [0, 0.1) is 0 Å². The zero-order valence-electron chi connectivity index (χ0n) is 10.4. The summed E-state index contributed by atoms with van der Waals surface area (Å²) in [5.74, 6) is 1.65. The number of imidazole rings is 1. The normalized spacial score (nSPS) is 24.6. The van der Waals surface area contributed by atoms with Crippen molar-refractivity contribution in [3.8, 4) is 0 Å². The van der Waals surface area contributed by atoms with Gasteiger partial charge in [0.05, 0.1) is 6.61 Å². The smallest absolute Gasteiger partial charge is 0.160 e. The molecule has 2 aromatic heterocycles. The quantitative estimate of drug-likeness (QED) is 0.814. The van der Waals surface area contributed by atoms with Crippen molar-refractivity contribution >= 4 is 11.2 Å². The van der Waals surface area contributed by atoms with E-state index in [1.54, 1.807) is 0 Å². The maximum Gasteiger partial charge on any atom is 0.160 e. The highest BCUT2D eigenvalue weighted by atomic mass is 16.5. The minimum Gasteiger partial charge on any atom is -0.381 e. The van der Waals surface area contributed by atoms with Gasteiger partial charge in [-0.15, -0.1) is 0 Å². The van der Waals surface area contributed by atoms with Crippen molar-refractivity contribution in [1.82, 2.24) is 14.5 Å². The molecule has 0 aromatic carbocycles. The summed E-state index contributed by atoms with van der Waals surface area (Å²) in [7, 11) is 0. The Hall–Kier alpha value is -1.42. The van der Waals surface area contributed by atoms with Gasteiger partial charge < -0.3 is 9.30 Å². The average Bonchev–Trinajstić information content (AvgIpc) is 3.19. The lowest BCUT2D eigenvalue weighted by Gasteiger charge is -2.22. The molecule has 1 atom stereocenters. The molecule has 1 aliphatic carbocycles. The first-order valence-corrected chi connectivity index (χ1v) is 6.84. The van der Waals surface area contributed by atoms with E-state index in [1.165, 1.54) is 25.1 Å². The lowest BCUT2D eigenvalue weighted by Crippen LogP contribution is -2.19. The second-order valence-electron chi connectivity index (χ2n) is 5.33. The molecular weight excluding hydrogens is 226 g/mol. The van der Waals surface area contributed by atoms with Crippen LogP contribution in [0.5, 0.6) is 0 Å². The van der Waals surface area contributed by atoms with Crippen molar-refractivity contribution in [1.29, 1.82) is 0 Å². The van der Waals surface area contributed by atoms with Crippen LogP contribution in [0.2, 0.25) is 0 Å². The van der Waals surface area contributed by atoms with Gasteiger partial charge in [-0.1, -0.05) is 0 Å². The largest absolute Gasteiger partial charge is 0.381 e. The average molecular weight is 243 g/mol. The third-order valence-electron chi connectivity index (χ3n) is 3.91. The Bertz CT molecular complexity index is 567. The van der Waals surface area contributed by atoms with Crippen molar-refractivity contribution in [2.45, 2.75) is 37.6 Å². The monoisotopic (exact) mass is 243 g/mol. The number of aromatic nitrogens is 3. The fraction of sp³-hybridized carbons (Fsp3) is 0.571. The highest BCUT2D eigenvalue weighted by Gasteiger charge is 2.32. The Morgan fingerprint density at radius 2 is 2.22 bits per heavy atom. The molecule has 1 saturated heterocycles. The molecule has 2 aliphatic rings. The van der Waals surface area contributed by atoms with E-state index in [4.69, 9.17) is 9.72 Å². The van der Waals surface area contributed by atoms with E-state index in [1.807, 2.05) is 12.3 Å². The van der Waals surface area contributed by atoms with E-state index >= 15 is 0 Å². The van der Waals surface area contributed by atoms with Crippen molar-refractivity contribution in [3.05, 3.63) is 24.2 Å². The number of nitrogens with zero attached hydrogens (tertiary/aromatic N) is 3. The molecule has 0 amide bonds.